The molecule has 0 heterocycles. The van der Waals surface area contributed by atoms with E-state index in [1.165, 1.54) is 0 Å². The van der Waals surface area contributed by atoms with Crippen molar-refractivity contribution in [3.8, 4) is 5.75 Å². The largest absolute Gasteiger partial charge is 0.461 e. The summed E-state index contributed by atoms with van der Waals surface area (Å²) in [7, 11) is 0. The molecular weight excluding hydrogens is 553 g/mol. The molecule has 0 spiro atoms. The van der Waals surface area contributed by atoms with Gasteiger partial charge in [-0.3, -0.25) is 4.79 Å². The lowest BCUT2D eigenvalue weighted by Crippen LogP contribution is -2.49. The predicted molar refractivity (Wildman–Crippen MR) is 126 cm³/mol. The molecule has 1 fully saturated rings. The second kappa shape index (κ2) is 10.7. The number of carbonyl (C=O) groups excluding carboxylic acids is 1. The molecule has 1 saturated carbocycles. The van der Waals surface area contributed by atoms with Gasteiger partial charge in [0, 0.05) is 18.4 Å². The van der Waals surface area contributed by atoms with Gasteiger partial charge in [0.15, 0.2) is 0 Å². The summed E-state index contributed by atoms with van der Waals surface area (Å²) in [5, 5.41) is 2.64. The van der Waals surface area contributed by atoms with Crippen LogP contribution in [0.25, 0.3) is 0 Å². The number of alkyl halides is 7. The zero-order valence-electron chi connectivity index (χ0n) is 20.8. The van der Waals surface area contributed by atoms with Crippen molar-refractivity contribution < 1.29 is 49.0 Å². The SMILES string of the molecule is Cc1ccc(CC(NC(=O)C2CC2)(c2cc(F)cc(OC(F)(F)C(F)F)c2)c2ccc(F)c(C(F)(F)F)c2)cc1. The first-order valence-electron chi connectivity index (χ1n) is 12.0. The van der Waals surface area contributed by atoms with Gasteiger partial charge in [0.1, 0.15) is 17.4 Å². The summed E-state index contributed by atoms with van der Waals surface area (Å²) < 4.78 is 127. The topological polar surface area (TPSA) is 38.3 Å². The number of nitrogens with one attached hydrogen (secondary N) is 1. The maximum atomic E-state index is 14.8. The van der Waals surface area contributed by atoms with Crippen LogP contribution in [0.15, 0.2) is 60.7 Å². The number of aryl methyl sites for hydroxylation is 1. The minimum absolute atomic E-state index is 0.344. The second-order valence-corrected chi connectivity index (χ2v) is 9.66. The Morgan fingerprint density at radius 2 is 1.57 bits per heavy atom. The van der Waals surface area contributed by atoms with Gasteiger partial charge in [0.25, 0.3) is 0 Å². The van der Waals surface area contributed by atoms with Gasteiger partial charge in [-0.2, -0.15) is 30.7 Å². The lowest BCUT2D eigenvalue weighted by atomic mass is 9.77. The van der Waals surface area contributed by atoms with Crippen molar-refractivity contribution in [2.24, 2.45) is 5.92 Å². The third-order valence-electron chi connectivity index (χ3n) is 6.51. The van der Waals surface area contributed by atoms with E-state index in [1.54, 1.807) is 31.2 Å². The lowest BCUT2D eigenvalue weighted by Gasteiger charge is -2.37. The van der Waals surface area contributed by atoms with Crippen LogP contribution in [0, 0.1) is 24.5 Å². The van der Waals surface area contributed by atoms with Crippen LogP contribution in [0.4, 0.5) is 39.5 Å². The van der Waals surface area contributed by atoms with Crippen LogP contribution < -0.4 is 10.1 Å². The summed E-state index contributed by atoms with van der Waals surface area (Å²) in [5.74, 6) is -5.09. The minimum Gasteiger partial charge on any atom is -0.428 e. The number of hydrogen-bond donors (Lipinski definition) is 1. The van der Waals surface area contributed by atoms with Crippen LogP contribution in [0.1, 0.15) is 40.7 Å². The molecule has 1 N–H and O–H groups in total. The maximum Gasteiger partial charge on any atom is 0.461 e. The van der Waals surface area contributed by atoms with E-state index in [2.05, 4.69) is 10.1 Å². The van der Waals surface area contributed by atoms with Crippen LogP contribution >= 0.6 is 0 Å². The van der Waals surface area contributed by atoms with Crippen molar-refractivity contribution in [1.29, 1.82) is 0 Å². The second-order valence-electron chi connectivity index (χ2n) is 9.66. The molecule has 4 rings (SSSR count). The van der Waals surface area contributed by atoms with E-state index in [1.807, 2.05) is 0 Å². The average Bonchev–Trinajstić information content (AvgIpc) is 3.69. The molecule has 1 aliphatic rings. The van der Waals surface area contributed by atoms with Crippen molar-refractivity contribution in [3.63, 3.8) is 0 Å². The number of rotatable bonds is 9. The van der Waals surface area contributed by atoms with Crippen molar-refractivity contribution in [2.75, 3.05) is 0 Å². The molecule has 3 aromatic carbocycles. The van der Waals surface area contributed by atoms with Crippen molar-refractivity contribution in [2.45, 2.75) is 50.4 Å². The Bertz CT molecular complexity index is 1390. The molecule has 1 amide bonds. The Hall–Kier alpha value is -3.70. The fraction of sp³-hybridized carbons (Fsp3) is 0.321. The molecule has 3 nitrogen and oxygen atoms in total. The number of benzene rings is 3. The Kier molecular flexibility index (Phi) is 7.83. The van der Waals surface area contributed by atoms with Gasteiger partial charge in [-0.1, -0.05) is 35.9 Å². The summed E-state index contributed by atoms with van der Waals surface area (Å²) in [6.45, 7) is 1.76. The highest BCUT2D eigenvalue weighted by Crippen LogP contribution is 2.42. The predicted octanol–water partition coefficient (Wildman–Crippen LogP) is 7.54. The van der Waals surface area contributed by atoms with Crippen LogP contribution in [0.3, 0.4) is 0 Å². The number of hydrogen-bond acceptors (Lipinski definition) is 2. The summed E-state index contributed by atoms with van der Waals surface area (Å²) in [6, 6.07) is 10.3. The highest BCUT2D eigenvalue weighted by Gasteiger charge is 2.46. The number of carbonyl (C=O) groups is 1. The fourth-order valence-electron chi connectivity index (χ4n) is 4.31. The maximum absolute atomic E-state index is 14.8. The first kappa shape index (κ1) is 29.3. The van der Waals surface area contributed by atoms with Crippen LogP contribution in [-0.2, 0) is 22.9 Å². The fourth-order valence-corrected chi connectivity index (χ4v) is 4.31. The summed E-state index contributed by atoms with van der Waals surface area (Å²) in [6.07, 6.45) is -13.9. The smallest absolute Gasteiger partial charge is 0.428 e. The molecule has 0 saturated heterocycles. The molecule has 214 valence electrons. The molecule has 1 unspecified atom stereocenters. The Morgan fingerprint density at radius 1 is 0.925 bits per heavy atom. The molecule has 0 radical (unpaired) electrons. The molecule has 40 heavy (non-hydrogen) atoms. The van der Waals surface area contributed by atoms with Crippen LogP contribution in [0.5, 0.6) is 5.75 Å². The first-order valence-corrected chi connectivity index (χ1v) is 12.0. The Balaban J connectivity index is 1.99. The number of halogens is 9. The van der Waals surface area contributed by atoms with E-state index in [0.29, 0.717) is 36.6 Å². The Labute approximate surface area is 223 Å². The molecule has 0 aromatic heterocycles. The van der Waals surface area contributed by atoms with Crippen molar-refractivity contribution in [1.82, 2.24) is 5.32 Å². The lowest BCUT2D eigenvalue weighted by molar-refractivity contribution is -0.253. The molecule has 12 heteroatoms. The van der Waals surface area contributed by atoms with E-state index >= 15 is 0 Å². The Morgan fingerprint density at radius 3 is 2.15 bits per heavy atom. The normalized spacial score (nSPS) is 15.6. The molecule has 0 aliphatic heterocycles. The summed E-state index contributed by atoms with van der Waals surface area (Å²) in [5.41, 5.74) is -3.29. The molecule has 1 atom stereocenters. The third-order valence-corrected chi connectivity index (χ3v) is 6.51. The van der Waals surface area contributed by atoms with E-state index in [0.717, 1.165) is 23.8 Å². The van der Waals surface area contributed by atoms with E-state index in [4.69, 9.17) is 0 Å². The van der Waals surface area contributed by atoms with Gasteiger partial charge < -0.3 is 10.1 Å². The van der Waals surface area contributed by atoms with E-state index in [-0.39, 0.29) is 17.5 Å². The van der Waals surface area contributed by atoms with Gasteiger partial charge in [-0.05, 0) is 60.7 Å². The standard InChI is InChI=1S/C28H22F9NO2/c1-15-2-4-16(5-3-15)14-26(38-24(39)17-6-7-17,18-8-9-23(30)22(12-18)27(33,34)35)19-10-20(29)13-21(11-19)40-28(36,37)25(31)32/h2-5,8-13,17,25H,6-7,14H2,1H3,(H,38,39). The van der Waals surface area contributed by atoms with Crippen LogP contribution in [0.2, 0.25) is 0 Å². The van der Waals surface area contributed by atoms with Crippen molar-refractivity contribution >= 4 is 5.91 Å². The summed E-state index contributed by atoms with van der Waals surface area (Å²) >= 11 is 0. The first-order chi connectivity index (χ1) is 18.6. The monoisotopic (exact) mass is 575 g/mol. The quantitative estimate of drug-likeness (QED) is 0.268. The zero-order chi connectivity index (χ0) is 29.5. The van der Waals surface area contributed by atoms with E-state index < -0.39 is 59.0 Å². The average molecular weight is 575 g/mol. The zero-order valence-corrected chi connectivity index (χ0v) is 20.8. The van der Waals surface area contributed by atoms with Gasteiger partial charge in [-0.25, -0.2) is 8.78 Å². The molecule has 0 bridgehead atoms. The third kappa shape index (κ3) is 6.37. The minimum atomic E-state index is -5.16. The number of amides is 1. The van der Waals surface area contributed by atoms with Gasteiger partial charge >= 0.3 is 18.7 Å². The summed E-state index contributed by atoms with van der Waals surface area (Å²) in [4.78, 5) is 13.1. The molecule has 3 aromatic rings. The van der Waals surface area contributed by atoms with Crippen LogP contribution in [-0.4, -0.2) is 18.4 Å². The van der Waals surface area contributed by atoms with E-state index in [9.17, 15) is 44.3 Å². The van der Waals surface area contributed by atoms with Crippen molar-refractivity contribution in [3.05, 3.63) is 100 Å². The molecular formula is C28H22F9NO2. The van der Waals surface area contributed by atoms with Gasteiger partial charge in [0.05, 0.1) is 11.1 Å². The molecule has 1 aliphatic carbocycles. The van der Waals surface area contributed by atoms with Gasteiger partial charge in [-0.15, -0.1) is 0 Å². The number of ether oxygens (including phenoxy) is 1. The van der Waals surface area contributed by atoms with Gasteiger partial charge in [0.2, 0.25) is 5.91 Å². The highest BCUT2D eigenvalue weighted by atomic mass is 19.4. The highest BCUT2D eigenvalue weighted by molar-refractivity contribution is 5.82.